The van der Waals surface area contributed by atoms with E-state index in [4.69, 9.17) is 4.74 Å². The Morgan fingerprint density at radius 2 is 2.20 bits per heavy atom. The molecule has 0 aliphatic heterocycles. The minimum atomic E-state index is -0.305. The Morgan fingerprint density at radius 1 is 1.47 bits per heavy atom. The van der Waals surface area contributed by atoms with E-state index in [9.17, 15) is 4.79 Å². The third-order valence-corrected chi connectivity index (χ3v) is 2.60. The highest BCUT2D eigenvalue weighted by molar-refractivity contribution is 5.68. The molecule has 1 fully saturated rings. The number of rotatable bonds is 3. The third kappa shape index (κ3) is 2.49. The zero-order chi connectivity index (χ0) is 10.7. The monoisotopic (exact) mass is 205 g/mol. The fourth-order valence-electron chi connectivity index (χ4n) is 1.75. The highest BCUT2D eigenvalue weighted by Crippen LogP contribution is 2.40. The van der Waals surface area contributed by atoms with Crippen LogP contribution in [0.5, 0.6) is 0 Å². The molecule has 80 valence electrons. The predicted molar refractivity (Wildman–Crippen MR) is 57.7 cm³/mol. The first-order valence-electron chi connectivity index (χ1n) is 5.29. The molecule has 1 aliphatic rings. The van der Waals surface area contributed by atoms with Gasteiger partial charge in [0.2, 0.25) is 0 Å². The van der Waals surface area contributed by atoms with Crippen molar-refractivity contribution in [1.82, 2.24) is 5.32 Å². The van der Waals surface area contributed by atoms with Crippen molar-refractivity contribution in [1.29, 1.82) is 0 Å². The van der Waals surface area contributed by atoms with E-state index in [1.54, 1.807) is 6.92 Å². The standard InChI is InChI=1S/C12H15NO2/c1-2-15-12(14)13-11-8-10(11)9-6-4-3-5-7-9/h3-7,10-11H,2,8H2,1H3,(H,13,14)/t10-,11-/m1/s1. The van der Waals surface area contributed by atoms with E-state index in [2.05, 4.69) is 17.4 Å². The zero-order valence-electron chi connectivity index (χ0n) is 8.77. The van der Waals surface area contributed by atoms with Gasteiger partial charge in [0, 0.05) is 12.0 Å². The molecule has 2 atom stereocenters. The summed E-state index contributed by atoms with van der Waals surface area (Å²) in [5.74, 6) is 0.468. The smallest absolute Gasteiger partial charge is 0.407 e. The summed E-state index contributed by atoms with van der Waals surface area (Å²) in [5, 5.41) is 2.84. The van der Waals surface area contributed by atoms with Crippen LogP contribution in [-0.2, 0) is 4.74 Å². The lowest BCUT2D eigenvalue weighted by molar-refractivity contribution is 0.151. The van der Waals surface area contributed by atoms with E-state index in [-0.39, 0.29) is 12.1 Å². The molecule has 0 spiro atoms. The lowest BCUT2D eigenvalue weighted by Crippen LogP contribution is -2.27. The summed E-state index contributed by atoms with van der Waals surface area (Å²) in [6.45, 7) is 2.23. The second-order valence-electron chi connectivity index (χ2n) is 3.72. The molecule has 3 nitrogen and oxygen atoms in total. The molecule has 0 radical (unpaired) electrons. The van der Waals surface area contributed by atoms with Crippen molar-refractivity contribution in [3.63, 3.8) is 0 Å². The first kappa shape index (κ1) is 10.0. The van der Waals surface area contributed by atoms with Crippen molar-refractivity contribution in [2.75, 3.05) is 6.61 Å². The molecule has 0 heterocycles. The Morgan fingerprint density at radius 3 is 2.87 bits per heavy atom. The lowest BCUT2D eigenvalue weighted by atomic mass is 10.1. The van der Waals surface area contributed by atoms with Crippen molar-refractivity contribution >= 4 is 6.09 Å². The van der Waals surface area contributed by atoms with Crippen molar-refractivity contribution in [3.8, 4) is 0 Å². The van der Waals surface area contributed by atoms with E-state index >= 15 is 0 Å². The fourth-order valence-corrected chi connectivity index (χ4v) is 1.75. The van der Waals surface area contributed by atoms with Crippen molar-refractivity contribution in [2.24, 2.45) is 0 Å². The van der Waals surface area contributed by atoms with Gasteiger partial charge in [-0.25, -0.2) is 4.79 Å². The van der Waals surface area contributed by atoms with Crippen LogP contribution in [0, 0.1) is 0 Å². The molecular formula is C12H15NO2. The summed E-state index contributed by atoms with van der Waals surface area (Å²) in [5.41, 5.74) is 1.29. The first-order chi connectivity index (χ1) is 7.31. The number of hydrogen-bond acceptors (Lipinski definition) is 2. The van der Waals surface area contributed by atoms with Crippen molar-refractivity contribution < 1.29 is 9.53 Å². The predicted octanol–water partition coefficient (Wildman–Crippen LogP) is 2.29. The molecule has 3 heteroatoms. The van der Waals surface area contributed by atoms with Crippen LogP contribution >= 0.6 is 0 Å². The number of carbonyl (C=O) groups is 1. The second kappa shape index (κ2) is 4.34. The molecule has 2 rings (SSSR count). The van der Waals surface area contributed by atoms with Crippen LogP contribution in [0.2, 0.25) is 0 Å². The van der Waals surface area contributed by atoms with Gasteiger partial charge in [-0.15, -0.1) is 0 Å². The fraction of sp³-hybridized carbons (Fsp3) is 0.417. The summed E-state index contributed by atoms with van der Waals surface area (Å²) in [7, 11) is 0. The summed E-state index contributed by atoms with van der Waals surface area (Å²) in [6, 6.07) is 10.5. The van der Waals surface area contributed by atoms with Gasteiger partial charge in [-0.1, -0.05) is 30.3 Å². The Bertz CT molecular complexity index is 337. The molecule has 0 saturated heterocycles. The first-order valence-corrected chi connectivity index (χ1v) is 5.29. The Kier molecular flexibility index (Phi) is 2.90. The molecule has 1 aromatic rings. The van der Waals surface area contributed by atoms with E-state index in [0.29, 0.717) is 12.5 Å². The zero-order valence-corrected chi connectivity index (χ0v) is 8.77. The number of alkyl carbamates (subject to hydrolysis) is 1. The molecule has 1 saturated carbocycles. The molecule has 1 aliphatic carbocycles. The number of hydrogen-bond donors (Lipinski definition) is 1. The van der Waals surface area contributed by atoms with Crippen molar-refractivity contribution in [2.45, 2.75) is 25.3 Å². The summed E-state index contributed by atoms with van der Waals surface area (Å²) >= 11 is 0. The largest absolute Gasteiger partial charge is 0.450 e. The summed E-state index contributed by atoms with van der Waals surface area (Å²) < 4.78 is 4.83. The third-order valence-electron chi connectivity index (χ3n) is 2.60. The lowest BCUT2D eigenvalue weighted by Gasteiger charge is -2.04. The average molecular weight is 205 g/mol. The molecule has 15 heavy (non-hydrogen) atoms. The van der Waals surface area contributed by atoms with E-state index in [0.717, 1.165) is 6.42 Å². The minimum absolute atomic E-state index is 0.256. The van der Waals surface area contributed by atoms with Crippen LogP contribution < -0.4 is 5.32 Å². The van der Waals surface area contributed by atoms with Gasteiger partial charge in [-0.3, -0.25) is 0 Å². The van der Waals surface area contributed by atoms with Gasteiger partial charge in [0.15, 0.2) is 0 Å². The molecule has 1 amide bonds. The SMILES string of the molecule is CCOC(=O)N[C@@H]1C[C@@H]1c1ccccc1. The quantitative estimate of drug-likeness (QED) is 0.822. The maximum atomic E-state index is 11.1. The van der Waals surface area contributed by atoms with Gasteiger partial charge >= 0.3 is 6.09 Å². The van der Waals surface area contributed by atoms with Crippen LogP contribution in [0.4, 0.5) is 4.79 Å². The number of amides is 1. The Hall–Kier alpha value is -1.51. The molecule has 0 aromatic heterocycles. The van der Waals surface area contributed by atoms with Crippen LogP contribution in [0.1, 0.15) is 24.8 Å². The normalized spacial score (nSPS) is 23.3. The van der Waals surface area contributed by atoms with Crippen molar-refractivity contribution in [3.05, 3.63) is 35.9 Å². The Balaban J connectivity index is 1.84. The summed E-state index contributed by atoms with van der Waals surface area (Å²) in [4.78, 5) is 11.1. The number of ether oxygens (including phenoxy) is 1. The minimum Gasteiger partial charge on any atom is -0.450 e. The van der Waals surface area contributed by atoms with Gasteiger partial charge in [0.05, 0.1) is 6.61 Å². The maximum Gasteiger partial charge on any atom is 0.407 e. The second-order valence-corrected chi connectivity index (χ2v) is 3.72. The number of nitrogens with one attached hydrogen (secondary N) is 1. The average Bonchev–Trinajstić information content (AvgIpc) is 2.99. The van der Waals surface area contributed by atoms with E-state index in [1.165, 1.54) is 5.56 Å². The highest BCUT2D eigenvalue weighted by atomic mass is 16.5. The maximum absolute atomic E-state index is 11.1. The number of carbonyl (C=O) groups excluding carboxylic acids is 1. The van der Waals surface area contributed by atoms with Gasteiger partial charge in [0.1, 0.15) is 0 Å². The Labute approximate surface area is 89.4 Å². The molecule has 0 bridgehead atoms. The van der Waals surface area contributed by atoms with E-state index in [1.807, 2.05) is 18.2 Å². The van der Waals surface area contributed by atoms with Gasteiger partial charge in [0.25, 0.3) is 0 Å². The van der Waals surface area contributed by atoms with Crippen LogP contribution in [-0.4, -0.2) is 18.7 Å². The van der Waals surface area contributed by atoms with Crippen LogP contribution in [0.3, 0.4) is 0 Å². The molecular weight excluding hydrogens is 190 g/mol. The van der Waals surface area contributed by atoms with Gasteiger partial charge < -0.3 is 10.1 Å². The van der Waals surface area contributed by atoms with Crippen LogP contribution in [0.25, 0.3) is 0 Å². The summed E-state index contributed by atoms with van der Waals surface area (Å²) in [6.07, 6.45) is 0.712. The molecule has 0 unspecified atom stereocenters. The van der Waals surface area contributed by atoms with Gasteiger partial charge in [-0.2, -0.15) is 0 Å². The van der Waals surface area contributed by atoms with Crippen LogP contribution in [0.15, 0.2) is 30.3 Å². The van der Waals surface area contributed by atoms with E-state index < -0.39 is 0 Å². The van der Waals surface area contributed by atoms with Gasteiger partial charge in [-0.05, 0) is 18.9 Å². The topological polar surface area (TPSA) is 38.3 Å². The number of benzene rings is 1. The molecule has 1 aromatic carbocycles. The molecule has 1 N–H and O–H groups in total. The highest BCUT2D eigenvalue weighted by Gasteiger charge is 2.39.